The standard InChI is InChI=1S/C11H15N3O3/c15-9(16)6-8-2-1-5-14(7-8)10-11(17)13-4-3-12-10/h3-4,8H,1-2,5-7H2,(H,13,17)(H,15,16). The minimum atomic E-state index is -0.785. The second-order valence-electron chi connectivity index (χ2n) is 4.29. The maximum Gasteiger partial charge on any atom is 0.303 e. The van der Waals surface area contributed by atoms with Gasteiger partial charge in [-0.1, -0.05) is 0 Å². The fourth-order valence-corrected chi connectivity index (χ4v) is 2.24. The summed E-state index contributed by atoms with van der Waals surface area (Å²) in [4.78, 5) is 30.7. The highest BCUT2D eigenvalue weighted by molar-refractivity contribution is 5.67. The van der Waals surface area contributed by atoms with Crippen LogP contribution < -0.4 is 10.5 Å². The lowest BCUT2D eigenvalue weighted by Gasteiger charge is -2.32. The molecule has 0 bridgehead atoms. The molecule has 6 nitrogen and oxygen atoms in total. The van der Waals surface area contributed by atoms with Gasteiger partial charge in [-0.05, 0) is 18.8 Å². The van der Waals surface area contributed by atoms with E-state index in [1.807, 2.05) is 4.90 Å². The summed E-state index contributed by atoms with van der Waals surface area (Å²) in [5.74, 6) is -0.294. The summed E-state index contributed by atoms with van der Waals surface area (Å²) < 4.78 is 0. The van der Waals surface area contributed by atoms with Crippen LogP contribution in [0.25, 0.3) is 0 Å². The van der Waals surface area contributed by atoms with Crippen LogP contribution in [-0.4, -0.2) is 34.1 Å². The summed E-state index contributed by atoms with van der Waals surface area (Å²) in [5, 5.41) is 8.78. The molecule has 92 valence electrons. The number of piperidine rings is 1. The van der Waals surface area contributed by atoms with Gasteiger partial charge in [-0.15, -0.1) is 0 Å². The largest absolute Gasteiger partial charge is 0.481 e. The van der Waals surface area contributed by atoms with Gasteiger partial charge >= 0.3 is 5.97 Å². The molecule has 1 aromatic rings. The molecule has 0 aromatic carbocycles. The van der Waals surface area contributed by atoms with Crippen LogP contribution >= 0.6 is 0 Å². The van der Waals surface area contributed by atoms with Crippen molar-refractivity contribution in [3.63, 3.8) is 0 Å². The van der Waals surface area contributed by atoms with Crippen molar-refractivity contribution in [3.8, 4) is 0 Å². The zero-order valence-electron chi connectivity index (χ0n) is 9.43. The van der Waals surface area contributed by atoms with Crippen LogP contribution in [0.4, 0.5) is 5.82 Å². The molecule has 1 atom stereocenters. The van der Waals surface area contributed by atoms with Gasteiger partial charge in [0, 0.05) is 31.9 Å². The predicted octanol–water partition coefficient (Wildman–Crippen LogP) is 0.461. The monoisotopic (exact) mass is 237 g/mol. The summed E-state index contributed by atoms with van der Waals surface area (Å²) in [6, 6.07) is 0. The van der Waals surface area contributed by atoms with Gasteiger partial charge in [-0.3, -0.25) is 9.59 Å². The minimum absolute atomic E-state index is 0.0997. The number of hydrogen-bond acceptors (Lipinski definition) is 4. The second kappa shape index (κ2) is 4.99. The van der Waals surface area contributed by atoms with Gasteiger partial charge in [0.1, 0.15) is 0 Å². The molecule has 1 aromatic heterocycles. The van der Waals surface area contributed by atoms with E-state index in [0.29, 0.717) is 12.4 Å². The van der Waals surface area contributed by atoms with Crippen molar-refractivity contribution in [2.45, 2.75) is 19.3 Å². The average molecular weight is 237 g/mol. The molecule has 6 heteroatoms. The molecule has 1 fully saturated rings. The fraction of sp³-hybridized carbons (Fsp3) is 0.545. The van der Waals surface area contributed by atoms with Gasteiger partial charge in [0.05, 0.1) is 0 Å². The number of aromatic amines is 1. The number of H-pyrrole nitrogens is 1. The first-order valence-corrected chi connectivity index (χ1v) is 5.67. The lowest BCUT2D eigenvalue weighted by molar-refractivity contribution is -0.138. The summed E-state index contributed by atoms with van der Waals surface area (Å²) in [6.07, 6.45) is 4.98. The van der Waals surface area contributed by atoms with Gasteiger partial charge in [0.25, 0.3) is 5.56 Å². The smallest absolute Gasteiger partial charge is 0.303 e. The summed E-state index contributed by atoms with van der Waals surface area (Å²) in [6.45, 7) is 1.35. The molecule has 1 aliphatic rings. The van der Waals surface area contributed by atoms with Crippen LogP contribution in [0.3, 0.4) is 0 Å². The lowest BCUT2D eigenvalue weighted by Crippen LogP contribution is -2.39. The first-order valence-electron chi connectivity index (χ1n) is 5.67. The number of anilines is 1. The maximum atomic E-state index is 11.6. The maximum absolute atomic E-state index is 11.6. The number of nitrogens with zero attached hydrogens (tertiary/aromatic N) is 2. The lowest BCUT2D eigenvalue weighted by atomic mass is 9.95. The molecule has 2 heterocycles. The number of nitrogens with one attached hydrogen (secondary N) is 1. The first kappa shape index (κ1) is 11.6. The summed E-state index contributed by atoms with van der Waals surface area (Å²) in [7, 11) is 0. The normalized spacial score (nSPS) is 20.2. The molecule has 0 spiro atoms. The van der Waals surface area contributed by atoms with Crippen molar-refractivity contribution in [1.29, 1.82) is 0 Å². The second-order valence-corrected chi connectivity index (χ2v) is 4.29. The van der Waals surface area contributed by atoms with Gasteiger partial charge in [0.15, 0.2) is 5.82 Å². The average Bonchev–Trinajstić information content (AvgIpc) is 2.29. The molecule has 1 saturated heterocycles. The van der Waals surface area contributed by atoms with E-state index in [2.05, 4.69) is 9.97 Å². The Hall–Kier alpha value is -1.85. The Bertz CT molecular complexity index is 457. The number of carboxylic acids is 1. The van der Waals surface area contributed by atoms with E-state index in [9.17, 15) is 9.59 Å². The van der Waals surface area contributed by atoms with Gasteiger partial charge < -0.3 is 15.0 Å². The Balaban J connectivity index is 2.10. The Labute approximate surface area is 98.3 Å². The highest BCUT2D eigenvalue weighted by atomic mass is 16.4. The zero-order chi connectivity index (χ0) is 12.3. The molecule has 17 heavy (non-hydrogen) atoms. The summed E-state index contributed by atoms with van der Waals surface area (Å²) in [5.41, 5.74) is -0.219. The number of rotatable bonds is 3. The van der Waals surface area contributed by atoms with E-state index in [1.54, 1.807) is 0 Å². The van der Waals surface area contributed by atoms with Crippen LogP contribution in [0.2, 0.25) is 0 Å². The molecule has 0 radical (unpaired) electrons. The minimum Gasteiger partial charge on any atom is -0.481 e. The molecule has 0 aliphatic carbocycles. The molecule has 1 aliphatic heterocycles. The van der Waals surface area contributed by atoms with Crippen LogP contribution in [-0.2, 0) is 4.79 Å². The van der Waals surface area contributed by atoms with E-state index >= 15 is 0 Å². The molecule has 2 rings (SSSR count). The van der Waals surface area contributed by atoms with Gasteiger partial charge in [0.2, 0.25) is 0 Å². The van der Waals surface area contributed by atoms with Crippen LogP contribution in [0.15, 0.2) is 17.2 Å². The predicted molar refractivity (Wildman–Crippen MR) is 62.0 cm³/mol. The van der Waals surface area contributed by atoms with Crippen molar-refractivity contribution in [3.05, 3.63) is 22.7 Å². The van der Waals surface area contributed by atoms with Gasteiger partial charge in [-0.2, -0.15) is 0 Å². The molecule has 2 N–H and O–H groups in total. The van der Waals surface area contributed by atoms with Crippen molar-refractivity contribution in [1.82, 2.24) is 9.97 Å². The number of carboxylic acid groups (broad SMARTS) is 1. The van der Waals surface area contributed by atoms with Crippen molar-refractivity contribution in [2.24, 2.45) is 5.92 Å². The van der Waals surface area contributed by atoms with Crippen molar-refractivity contribution in [2.75, 3.05) is 18.0 Å². The molecule has 0 amide bonds. The van der Waals surface area contributed by atoms with Crippen LogP contribution in [0.5, 0.6) is 0 Å². The number of aliphatic carboxylic acids is 1. The van der Waals surface area contributed by atoms with E-state index in [-0.39, 0.29) is 17.9 Å². The first-order chi connectivity index (χ1) is 8.16. The fourth-order valence-electron chi connectivity index (χ4n) is 2.24. The van der Waals surface area contributed by atoms with Crippen LogP contribution in [0, 0.1) is 5.92 Å². The molecule has 1 unspecified atom stereocenters. The third-order valence-electron chi connectivity index (χ3n) is 2.97. The third-order valence-corrected chi connectivity index (χ3v) is 2.97. The topological polar surface area (TPSA) is 86.3 Å². The third kappa shape index (κ3) is 2.83. The summed E-state index contributed by atoms with van der Waals surface area (Å²) >= 11 is 0. The quantitative estimate of drug-likeness (QED) is 0.797. The Morgan fingerprint density at radius 2 is 2.47 bits per heavy atom. The SMILES string of the molecule is O=C(O)CC1CCCN(c2ncc[nH]c2=O)C1. The Morgan fingerprint density at radius 3 is 3.18 bits per heavy atom. The van der Waals surface area contributed by atoms with Crippen molar-refractivity contribution >= 4 is 11.8 Å². The van der Waals surface area contributed by atoms with E-state index < -0.39 is 5.97 Å². The number of aromatic nitrogens is 2. The highest BCUT2D eigenvalue weighted by Gasteiger charge is 2.24. The number of carbonyl (C=O) groups is 1. The van der Waals surface area contributed by atoms with Crippen LogP contribution in [0.1, 0.15) is 19.3 Å². The van der Waals surface area contributed by atoms with Crippen molar-refractivity contribution < 1.29 is 9.90 Å². The molecular weight excluding hydrogens is 222 g/mol. The highest BCUT2D eigenvalue weighted by Crippen LogP contribution is 2.21. The molecule has 0 saturated carbocycles. The zero-order valence-corrected chi connectivity index (χ0v) is 9.43. The Kier molecular flexibility index (Phi) is 3.41. The Morgan fingerprint density at radius 1 is 1.65 bits per heavy atom. The molecular formula is C11H15N3O3. The van der Waals surface area contributed by atoms with E-state index in [4.69, 9.17) is 5.11 Å². The van der Waals surface area contributed by atoms with E-state index in [0.717, 1.165) is 19.4 Å². The number of hydrogen-bond donors (Lipinski definition) is 2. The van der Waals surface area contributed by atoms with Gasteiger partial charge in [-0.25, -0.2) is 4.98 Å². The van der Waals surface area contributed by atoms with E-state index in [1.165, 1.54) is 12.4 Å².